The van der Waals surface area contributed by atoms with Gasteiger partial charge in [0.1, 0.15) is 0 Å². The Morgan fingerprint density at radius 1 is 1.64 bits per heavy atom. The molecule has 2 heterocycles. The SMILES string of the molecule is Cn1nnc(NC(=O)c2cn[nH]n2)n1. The van der Waals surface area contributed by atoms with Gasteiger partial charge in [-0.2, -0.15) is 20.2 Å². The van der Waals surface area contributed by atoms with E-state index in [1.807, 2.05) is 0 Å². The highest BCUT2D eigenvalue weighted by Gasteiger charge is 2.11. The first-order valence-corrected chi connectivity index (χ1v) is 3.67. The molecular formula is C5H6N8O. The molecular weight excluding hydrogens is 188 g/mol. The number of aromatic nitrogens is 7. The van der Waals surface area contributed by atoms with Crippen LogP contribution in [0, 0.1) is 0 Å². The number of tetrazole rings is 1. The van der Waals surface area contributed by atoms with Crippen molar-refractivity contribution in [1.82, 2.24) is 35.6 Å². The number of nitrogens with zero attached hydrogens (tertiary/aromatic N) is 6. The van der Waals surface area contributed by atoms with Crippen molar-refractivity contribution in [3.8, 4) is 0 Å². The molecule has 2 aromatic heterocycles. The van der Waals surface area contributed by atoms with E-state index in [1.54, 1.807) is 7.05 Å². The zero-order chi connectivity index (χ0) is 9.97. The molecule has 72 valence electrons. The van der Waals surface area contributed by atoms with E-state index in [0.717, 1.165) is 0 Å². The van der Waals surface area contributed by atoms with Gasteiger partial charge in [-0.15, -0.1) is 5.10 Å². The number of H-pyrrole nitrogens is 1. The third kappa shape index (κ3) is 1.55. The molecule has 2 aromatic rings. The number of carbonyl (C=O) groups is 1. The summed E-state index contributed by atoms with van der Waals surface area (Å²) in [6, 6.07) is 0. The third-order valence-corrected chi connectivity index (χ3v) is 1.38. The average molecular weight is 194 g/mol. The van der Waals surface area contributed by atoms with E-state index in [2.05, 4.69) is 36.1 Å². The molecule has 0 saturated carbocycles. The van der Waals surface area contributed by atoms with Gasteiger partial charge >= 0.3 is 0 Å². The van der Waals surface area contributed by atoms with E-state index in [1.165, 1.54) is 11.0 Å². The van der Waals surface area contributed by atoms with Crippen LogP contribution in [0.2, 0.25) is 0 Å². The van der Waals surface area contributed by atoms with Gasteiger partial charge in [0.25, 0.3) is 11.9 Å². The molecule has 2 N–H and O–H groups in total. The van der Waals surface area contributed by atoms with Crippen LogP contribution in [0.3, 0.4) is 0 Å². The van der Waals surface area contributed by atoms with Gasteiger partial charge in [0.05, 0.1) is 13.2 Å². The van der Waals surface area contributed by atoms with Gasteiger partial charge in [-0.25, -0.2) is 0 Å². The molecule has 2 rings (SSSR count). The maximum Gasteiger partial charge on any atom is 0.280 e. The minimum atomic E-state index is -0.438. The number of aryl methyl sites for hydroxylation is 1. The van der Waals surface area contributed by atoms with E-state index in [4.69, 9.17) is 0 Å². The highest BCUT2D eigenvalue weighted by Crippen LogP contribution is 1.96. The van der Waals surface area contributed by atoms with Crippen LogP contribution in [0.1, 0.15) is 10.5 Å². The van der Waals surface area contributed by atoms with Gasteiger partial charge < -0.3 is 0 Å². The van der Waals surface area contributed by atoms with Gasteiger partial charge in [0.15, 0.2) is 5.69 Å². The molecule has 0 radical (unpaired) electrons. The molecule has 0 aliphatic heterocycles. The minimum Gasteiger partial charge on any atom is -0.286 e. The van der Waals surface area contributed by atoms with Crippen molar-refractivity contribution in [1.29, 1.82) is 0 Å². The number of nitrogens with one attached hydrogen (secondary N) is 2. The topological polar surface area (TPSA) is 114 Å². The normalized spacial score (nSPS) is 10.1. The van der Waals surface area contributed by atoms with Crippen molar-refractivity contribution in [2.24, 2.45) is 7.05 Å². The first kappa shape index (κ1) is 8.29. The van der Waals surface area contributed by atoms with Crippen LogP contribution in [0.5, 0.6) is 0 Å². The maximum absolute atomic E-state index is 11.3. The number of aromatic amines is 1. The Morgan fingerprint density at radius 3 is 3.07 bits per heavy atom. The van der Waals surface area contributed by atoms with Crippen molar-refractivity contribution in [2.75, 3.05) is 5.32 Å². The lowest BCUT2D eigenvalue weighted by molar-refractivity contribution is 0.102. The van der Waals surface area contributed by atoms with Gasteiger partial charge in [0.2, 0.25) is 0 Å². The molecule has 9 heteroatoms. The van der Waals surface area contributed by atoms with Crippen LogP contribution in [-0.2, 0) is 7.05 Å². The molecule has 0 atom stereocenters. The van der Waals surface area contributed by atoms with E-state index in [0.29, 0.717) is 0 Å². The molecule has 0 spiro atoms. The lowest BCUT2D eigenvalue weighted by atomic mass is 10.4. The van der Waals surface area contributed by atoms with E-state index >= 15 is 0 Å². The molecule has 0 aliphatic carbocycles. The number of rotatable bonds is 2. The highest BCUT2D eigenvalue weighted by molar-refractivity contribution is 6.01. The van der Waals surface area contributed by atoms with Gasteiger partial charge in [0, 0.05) is 0 Å². The van der Waals surface area contributed by atoms with Crippen LogP contribution in [0.25, 0.3) is 0 Å². The quantitative estimate of drug-likeness (QED) is 0.606. The Labute approximate surface area is 77.5 Å². The largest absolute Gasteiger partial charge is 0.286 e. The fraction of sp³-hybridized carbons (Fsp3) is 0.200. The lowest BCUT2D eigenvalue weighted by Gasteiger charge is -1.93. The van der Waals surface area contributed by atoms with Gasteiger partial charge in [-0.3, -0.25) is 10.1 Å². The molecule has 14 heavy (non-hydrogen) atoms. The standard InChI is InChI=1S/C5H6N8O/c1-13-10-5(9-12-13)7-4(14)3-2-6-11-8-3/h2H,1H3,(H,6,8,11)(H,7,10,14). The summed E-state index contributed by atoms with van der Waals surface area (Å²) in [5.41, 5.74) is 0.164. The molecule has 0 aromatic carbocycles. The summed E-state index contributed by atoms with van der Waals surface area (Å²) in [5, 5.41) is 22.7. The molecule has 0 aliphatic rings. The van der Waals surface area contributed by atoms with Gasteiger partial charge in [-0.1, -0.05) is 5.10 Å². The molecule has 1 amide bonds. The monoisotopic (exact) mass is 194 g/mol. The van der Waals surface area contributed by atoms with Crippen molar-refractivity contribution in [3.05, 3.63) is 11.9 Å². The first-order chi connectivity index (χ1) is 6.75. The molecule has 0 fully saturated rings. The fourth-order valence-electron chi connectivity index (χ4n) is 0.811. The summed E-state index contributed by atoms with van der Waals surface area (Å²) < 4.78 is 0. The second kappa shape index (κ2) is 3.20. The number of anilines is 1. The van der Waals surface area contributed by atoms with Crippen LogP contribution in [0.15, 0.2) is 6.20 Å². The molecule has 9 nitrogen and oxygen atoms in total. The van der Waals surface area contributed by atoms with E-state index in [9.17, 15) is 4.79 Å². The van der Waals surface area contributed by atoms with E-state index in [-0.39, 0.29) is 11.6 Å². The summed E-state index contributed by atoms with van der Waals surface area (Å²) in [6.07, 6.45) is 1.30. The second-order valence-electron chi connectivity index (χ2n) is 2.41. The molecule has 0 bridgehead atoms. The average Bonchev–Trinajstić information content (AvgIpc) is 2.75. The van der Waals surface area contributed by atoms with Crippen molar-refractivity contribution in [3.63, 3.8) is 0 Å². The smallest absolute Gasteiger partial charge is 0.280 e. The minimum absolute atomic E-state index is 0.125. The van der Waals surface area contributed by atoms with Crippen LogP contribution < -0.4 is 5.32 Å². The Kier molecular flexibility index (Phi) is 1.89. The lowest BCUT2D eigenvalue weighted by Crippen LogP contribution is -2.13. The summed E-state index contributed by atoms with van der Waals surface area (Å²) in [5.74, 6) is -0.313. The van der Waals surface area contributed by atoms with Crippen molar-refractivity contribution >= 4 is 11.9 Å². The van der Waals surface area contributed by atoms with Crippen LogP contribution in [0.4, 0.5) is 5.95 Å². The number of hydrogen-bond acceptors (Lipinski definition) is 6. The summed E-state index contributed by atoms with van der Waals surface area (Å²) in [6.45, 7) is 0. The summed E-state index contributed by atoms with van der Waals surface area (Å²) in [7, 11) is 1.60. The molecule has 0 unspecified atom stereocenters. The Bertz CT molecular complexity index is 430. The predicted molar refractivity (Wildman–Crippen MR) is 43.1 cm³/mol. The van der Waals surface area contributed by atoms with Crippen molar-refractivity contribution < 1.29 is 4.79 Å². The first-order valence-electron chi connectivity index (χ1n) is 3.67. The Morgan fingerprint density at radius 2 is 2.50 bits per heavy atom. The number of hydrogen-bond donors (Lipinski definition) is 2. The van der Waals surface area contributed by atoms with Gasteiger partial charge in [-0.05, 0) is 5.21 Å². The zero-order valence-electron chi connectivity index (χ0n) is 7.17. The number of amides is 1. The van der Waals surface area contributed by atoms with E-state index < -0.39 is 5.91 Å². The highest BCUT2D eigenvalue weighted by atomic mass is 16.2. The second-order valence-corrected chi connectivity index (χ2v) is 2.41. The number of carbonyl (C=O) groups excluding carboxylic acids is 1. The van der Waals surface area contributed by atoms with Crippen molar-refractivity contribution in [2.45, 2.75) is 0 Å². The summed E-state index contributed by atoms with van der Waals surface area (Å²) in [4.78, 5) is 12.6. The van der Waals surface area contributed by atoms with Crippen LogP contribution >= 0.6 is 0 Å². The maximum atomic E-state index is 11.3. The van der Waals surface area contributed by atoms with Crippen LogP contribution in [-0.4, -0.2) is 41.5 Å². The zero-order valence-corrected chi connectivity index (χ0v) is 7.17. The predicted octanol–water partition coefficient (Wildman–Crippen LogP) is -1.42. The third-order valence-electron chi connectivity index (χ3n) is 1.38. The summed E-state index contributed by atoms with van der Waals surface area (Å²) >= 11 is 0. The fourth-order valence-corrected chi connectivity index (χ4v) is 0.811. The Balaban J connectivity index is 2.09. The Hall–Kier alpha value is -2.32. The molecule has 0 saturated heterocycles.